The normalized spacial score (nSPS) is 16.7. The van der Waals surface area contributed by atoms with Gasteiger partial charge in [0.15, 0.2) is 0 Å². The summed E-state index contributed by atoms with van der Waals surface area (Å²) >= 11 is 6.26. The van der Waals surface area contributed by atoms with E-state index in [1.54, 1.807) is 7.11 Å². The van der Waals surface area contributed by atoms with Crippen LogP contribution in [-0.2, 0) is 6.54 Å². The smallest absolute Gasteiger partial charge is 0.128 e. The van der Waals surface area contributed by atoms with Crippen molar-refractivity contribution in [2.75, 3.05) is 13.7 Å². The van der Waals surface area contributed by atoms with E-state index >= 15 is 0 Å². The molecule has 1 fully saturated rings. The summed E-state index contributed by atoms with van der Waals surface area (Å²) in [7, 11) is 1.70. The van der Waals surface area contributed by atoms with Gasteiger partial charge in [-0.25, -0.2) is 0 Å². The maximum absolute atomic E-state index is 6.26. The molecule has 0 spiro atoms. The van der Waals surface area contributed by atoms with Crippen molar-refractivity contribution in [1.82, 2.24) is 10.3 Å². The number of hydrogen-bond donors (Lipinski definition) is 1. The second-order valence-electron chi connectivity index (χ2n) is 5.03. The van der Waals surface area contributed by atoms with Gasteiger partial charge in [0.1, 0.15) is 5.75 Å². The molecular formula is C14H21ClN2O. The van der Waals surface area contributed by atoms with Gasteiger partial charge in [0, 0.05) is 35.8 Å². The van der Waals surface area contributed by atoms with Gasteiger partial charge < -0.3 is 10.1 Å². The second kappa shape index (κ2) is 5.89. The summed E-state index contributed by atoms with van der Waals surface area (Å²) in [6.07, 6.45) is 4.43. The van der Waals surface area contributed by atoms with Crippen LogP contribution in [0.25, 0.3) is 0 Å². The molecule has 0 aliphatic heterocycles. The molecule has 1 aromatic heterocycles. The summed E-state index contributed by atoms with van der Waals surface area (Å²) in [6, 6.07) is 0. The number of nitrogens with zero attached hydrogens (tertiary/aromatic N) is 1. The van der Waals surface area contributed by atoms with Crippen LogP contribution < -0.4 is 10.1 Å². The summed E-state index contributed by atoms with van der Waals surface area (Å²) < 4.78 is 5.40. The average Bonchev–Trinajstić information content (AvgIpc) is 3.16. The Morgan fingerprint density at radius 2 is 2.22 bits per heavy atom. The van der Waals surface area contributed by atoms with E-state index in [0.29, 0.717) is 0 Å². The van der Waals surface area contributed by atoms with Gasteiger partial charge in [-0.3, -0.25) is 4.98 Å². The fourth-order valence-corrected chi connectivity index (χ4v) is 2.56. The van der Waals surface area contributed by atoms with Crippen LogP contribution >= 0.6 is 11.6 Å². The minimum absolute atomic E-state index is 0.262. The van der Waals surface area contributed by atoms with Crippen LogP contribution in [0.5, 0.6) is 5.75 Å². The van der Waals surface area contributed by atoms with Crippen molar-refractivity contribution < 1.29 is 4.74 Å². The van der Waals surface area contributed by atoms with Crippen LogP contribution in [0.3, 0.4) is 0 Å². The molecule has 1 atom stereocenters. The van der Waals surface area contributed by atoms with E-state index in [2.05, 4.69) is 17.2 Å². The Morgan fingerprint density at radius 1 is 1.50 bits per heavy atom. The lowest BCUT2D eigenvalue weighted by Gasteiger charge is -2.14. The molecule has 1 aliphatic rings. The fraction of sp³-hybridized carbons (Fsp3) is 0.643. The van der Waals surface area contributed by atoms with Gasteiger partial charge in [0.2, 0.25) is 0 Å². The molecule has 1 heterocycles. The molecule has 1 saturated carbocycles. The highest BCUT2D eigenvalue weighted by Crippen LogP contribution is 2.35. The summed E-state index contributed by atoms with van der Waals surface area (Å²) in [5.74, 6) is 1.66. The third-order valence-corrected chi connectivity index (χ3v) is 4.03. The highest BCUT2D eigenvalue weighted by molar-refractivity contribution is 6.21. The SMILES string of the molecule is COc1c(C)cnc(CNCC(Cl)C2CC2)c1C. The molecule has 4 heteroatoms. The van der Waals surface area contributed by atoms with Crippen molar-refractivity contribution in [2.24, 2.45) is 5.92 Å². The van der Waals surface area contributed by atoms with Crippen LogP contribution in [-0.4, -0.2) is 24.0 Å². The summed E-state index contributed by atoms with van der Waals surface area (Å²) in [6.45, 7) is 5.66. The maximum Gasteiger partial charge on any atom is 0.128 e. The van der Waals surface area contributed by atoms with E-state index < -0.39 is 0 Å². The Hall–Kier alpha value is -0.800. The largest absolute Gasteiger partial charge is 0.496 e. The Bertz CT molecular complexity index is 419. The number of halogens is 1. The van der Waals surface area contributed by atoms with Crippen molar-refractivity contribution in [3.05, 3.63) is 23.0 Å². The topological polar surface area (TPSA) is 34.1 Å². The van der Waals surface area contributed by atoms with Crippen molar-refractivity contribution in [2.45, 2.75) is 38.6 Å². The van der Waals surface area contributed by atoms with Gasteiger partial charge in [0.25, 0.3) is 0 Å². The fourth-order valence-electron chi connectivity index (χ4n) is 2.20. The maximum atomic E-state index is 6.26. The molecular weight excluding hydrogens is 248 g/mol. The van der Waals surface area contributed by atoms with E-state index in [1.165, 1.54) is 12.8 Å². The molecule has 1 N–H and O–H groups in total. The molecule has 1 aliphatic carbocycles. The van der Waals surface area contributed by atoms with Gasteiger partial charge in [-0.1, -0.05) is 0 Å². The second-order valence-corrected chi connectivity index (χ2v) is 5.59. The van der Waals surface area contributed by atoms with Gasteiger partial charge in [-0.2, -0.15) is 0 Å². The summed E-state index contributed by atoms with van der Waals surface area (Å²) in [5, 5.41) is 3.65. The first kappa shape index (κ1) is 13.6. The van der Waals surface area contributed by atoms with E-state index in [4.69, 9.17) is 16.3 Å². The Morgan fingerprint density at radius 3 is 2.83 bits per heavy atom. The molecule has 18 heavy (non-hydrogen) atoms. The Labute approximate surface area is 114 Å². The lowest BCUT2D eigenvalue weighted by atomic mass is 10.1. The van der Waals surface area contributed by atoms with Crippen LogP contribution in [0.2, 0.25) is 0 Å². The van der Waals surface area contributed by atoms with Gasteiger partial charge in [-0.05, 0) is 32.6 Å². The number of ether oxygens (including phenoxy) is 1. The van der Waals surface area contributed by atoms with E-state index in [1.807, 2.05) is 13.1 Å². The van der Waals surface area contributed by atoms with Crippen LogP contribution in [0.4, 0.5) is 0 Å². The summed E-state index contributed by atoms with van der Waals surface area (Å²) in [4.78, 5) is 4.46. The lowest BCUT2D eigenvalue weighted by molar-refractivity contribution is 0.406. The molecule has 1 aromatic rings. The molecule has 2 rings (SSSR count). The number of rotatable bonds is 6. The third kappa shape index (κ3) is 3.15. The number of aryl methyl sites for hydroxylation is 1. The monoisotopic (exact) mass is 268 g/mol. The minimum atomic E-state index is 0.262. The van der Waals surface area contributed by atoms with E-state index in [0.717, 1.165) is 41.6 Å². The number of nitrogens with one attached hydrogen (secondary N) is 1. The van der Waals surface area contributed by atoms with E-state index in [9.17, 15) is 0 Å². The zero-order valence-electron chi connectivity index (χ0n) is 11.3. The molecule has 1 unspecified atom stereocenters. The molecule has 100 valence electrons. The van der Waals surface area contributed by atoms with Gasteiger partial charge in [0.05, 0.1) is 12.8 Å². The number of hydrogen-bond acceptors (Lipinski definition) is 3. The highest BCUT2D eigenvalue weighted by Gasteiger charge is 2.29. The highest BCUT2D eigenvalue weighted by atomic mass is 35.5. The van der Waals surface area contributed by atoms with Crippen molar-refractivity contribution in [1.29, 1.82) is 0 Å². The molecule has 0 radical (unpaired) electrons. The van der Waals surface area contributed by atoms with Crippen LogP contribution in [0, 0.1) is 19.8 Å². The van der Waals surface area contributed by atoms with Crippen LogP contribution in [0.1, 0.15) is 29.7 Å². The number of pyridine rings is 1. The van der Waals surface area contributed by atoms with Crippen LogP contribution in [0.15, 0.2) is 6.20 Å². The first-order valence-electron chi connectivity index (χ1n) is 6.47. The average molecular weight is 269 g/mol. The first-order chi connectivity index (χ1) is 8.63. The molecule has 0 bridgehead atoms. The predicted octanol–water partition coefficient (Wildman–Crippen LogP) is 2.81. The number of alkyl halides is 1. The third-order valence-electron chi connectivity index (χ3n) is 3.52. The molecule has 3 nitrogen and oxygen atoms in total. The molecule has 0 amide bonds. The van der Waals surface area contributed by atoms with Gasteiger partial charge >= 0.3 is 0 Å². The zero-order chi connectivity index (χ0) is 13.1. The Kier molecular flexibility index (Phi) is 4.46. The molecule has 0 saturated heterocycles. The quantitative estimate of drug-likeness (QED) is 0.806. The molecule has 0 aromatic carbocycles. The predicted molar refractivity (Wildman–Crippen MR) is 74.3 cm³/mol. The Balaban J connectivity index is 1.92. The lowest BCUT2D eigenvalue weighted by Crippen LogP contribution is -2.25. The zero-order valence-corrected chi connectivity index (χ0v) is 12.0. The van der Waals surface area contributed by atoms with E-state index in [-0.39, 0.29) is 5.38 Å². The van der Waals surface area contributed by atoms with Crippen molar-refractivity contribution in [3.63, 3.8) is 0 Å². The summed E-state index contributed by atoms with van der Waals surface area (Å²) in [5.41, 5.74) is 3.23. The number of methoxy groups -OCH3 is 1. The van der Waals surface area contributed by atoms with Crippen molar-refractivity contribution >= 4 is 11.6 Å². The minimum Gasteiger partial charge on any atom is -0.496 e. The van der Waals surface area contributed by atoms with Gasteiger partial charge in [-0.15, -0.1) is 11.6 Å². The number of aromatic nitrogens is 1. The standard InChI is InChI=1S/C14H21ClN2O/c1-9-6-17-13(10(2)14(9)18-3)8-16-7-12(15)11-4-5-11/h6,11-12,16H,4-5,7-8H2,1-3H3. The first-order valence-corrected chi connectivity index (χ1v) is 6.91. The van der Waals surface area contributed by atoms with Crippen molar-refractivity contribution in [3.8, 4) is 5.75 Å².